The predicted molar refractivity (Wildman–Crippen MR) is 87.2 cm³/mol. The molecular weight excluding hydrogens is 316 g/mol. The van der Waals surface area contributed by atoms with Crippen molar-refractivity contribution in [1.82, 2.24) is 5.32 Å². The van der Waals surface area contributed by atoms with Gasteiger partial charge in [-0.2, -0.15) is 0 Å². The maximum atomic E-state index is 12.3. The summed E-state index contributed by atoms with van der Waals surface area (Å²) in [6.07, 6.45) is 1.85. The van der Waals surface area contributed by atoms with Crippen LogP contribution in [0.4, 0.5) is 5.69 Å². The fourth-order valence-corrected chi connectivity index (χ4v) is 5.26. The lowest BCUT2D eigenvalue weighted by atomic mass is 10.0. The molecule has 0 aliphatic carbocycles. The summed E-state index contributed by atoms with van der Waals surface area (Å²) in [6.45, 7) is 2.47. The largest absolute Gasteiger partial charge is 0.346 e. The number of carbonyl (C=O) groups excluding carboxylic acids is 2. The van der Waals surface area contributed by atoms with Crippen LogP contribution in [0, 0.1) is 0 Å². The summed E-state index contributed by atoms with van der Waals surface area (Å²) in [5, 5.41) is 2.83. The molecular formula is C16H20N2O4S. The quantitative estimate of drug-likeness (QED) is 0.896. The Morgan fingerprint density at radius 1 is 1.26 bits per heavy atom. The Labute approximate surface area is 135 Å². The van der Waals surface area contributed by atoms with Crippen molar-refractivity contribution in [2.75, 3.05) is 23.0 Å². The molecule has 3 rings (SSSR count). The molecule has 2 heterocycles. The van der Waals surface area contributed by atoms with Crippen LogP contribution >= 0.6 is 0 Å². The molecule has 124 valence electrons. The van der Waals surface area contributed by atoms with Crippen LogP contribution in [0.5, 0.6) is 0 Å². The Morgan fingerprint density at radius 2 is 1.96 bits per heavy atom. The summed E-state index contributed by atoms with van der Waals surface area (Å²) in [4.78, 5) is 25.8. The second-order valence-corrected chi connectivity index (χ2v) is 8.74. The second kappa shape index (κ2) is 5.63. The van der Waals surface area contributed by atoms with Crippen molar-refractivity contribution in [3.63, 3.8) is 0 Å². The zero-order valence-corrected chi connectivity index (χ0v) is 13.9. The predicted octanol–water partition coefficient (Wildman–Crippen LogP) is 1.12. The monoisotopic (exact) mass is 336 g/mol. The topological polar surface area (TPSA) is 83.6 Å². The summed E-state index contributed by atoms with van der Waals surface area (Å²) < 4.78 is 23.2. The zero-order valence-electron chi connectivity index (χ0n) is 13.0. The van der Waals surface area contributed by atoms with Gasteiger partial charge in [0.2, 0.25) is 5.91 Å². The number of hydrogen-bond acceptors (Lipinski definition) is 4. The Balaban J connectivity index is 1.70. The first-order valence-corrected chi connectivity index (χ1v) is 9.54. The van der Waals surface area contributed by atoms with Crippen molar-refractivity contribution < 1.29 is 18.0 Å². The Kier molecular flexibility index (Phi) is 3.91. The van der Waals surface area contributed by atoms with Crippen LogP contribution in [0.3, 0.4) is 0 Å². The molecule has 2 saturated heterocycles. The highest BCUT2D eigenvalue weighted by molar-refractivity contribution is 7.91. The molecule has 23 heavy (non-hydrogen) atoms. The van der Waals surface area contributed by atoms with Crippen molar-refractivity contribution in [2.45, 2.75) is 31.7 Å². The number of nitrogens with zero attached hydrogens (tertiary/aromatic N) is 1. The Bertz CT molecular complexity index is 742. The molecule has 0 radical (unpaired) electrons. The second-order valence-electron chi connectivity index (χ2n) is 6.55. The number of amides is 2. The average Bonchev–Trinajstić information content (AvgIpc) is 3.02. The third-order valence-electron chi connectivity index (χ3n) is 4.43. The maximum absolute atomic E-state index is 12.3. The standard InChI is InChI=1S/C16H20N2O4S/c1-16(8-10-23(21,22)11-16)17-15(20)12-4-6-13(7-5-12)18-9-2-3-14(18)19/h4-7H,2-3,8-11H2,1H3,(H,17,20)/t16-/m0/s1. The number of carbonyl (C=O) groups is 2. The molecule has 0 aromatic heterocycles. The van der Waals surface area contributed by atoms with Gasteiger partial charge in [-0.05, 0) is 44.0 Å². The number of hydrogen-bond donors (Lipinski definition) is 1. The van der Waals surface area contributed by atoms with Crippen LogP contribution in [0.1, 0.15) is 36.5 Å². The van der Waals surface area contributed by atoms with Gasteiger partial charge in [0.1, 0.15) is 0 Å². The fraction of sp³-hybridized carbons (Fsp3) is 0.500. The van der Waals surface area contributed by atoms with E-state index in [1.165, 1.54) is 0 Å². The first-order chi connectivity index (χ1) is 10.8. The molecule has 2 amide bonds. The molecule has 2 fully saturated rings. The lowest BCUT2D eigenvalue weighted by Crippen LogP contribution is -2.46. The van der Waals surface area contributed by atoms with Gasteiger partial charge in [0, 0.05) is 24.2 Å². The van der Waals surface area contributed by atoms with Gasteiger partial charge in [-0.15, -0.1) is 0 Å². The maximum Gasteiger partial charge on any atom is 0.251 e. The van der Waals surface area contributed by atoms with Crippen LogP contribution in [-0.4, -0.2) is 43.8 Å². The summed E-state index contributed by atoms with van der Waals surface area (Å²) in [7, 11) is -3.06. The highest BCUT2D eigenvalue weighted by atomic mass is 32.2. The lowest BCUT2D eigenvalue weighted by molar-refractivity contribution is -0.117. The van der Waals surface area contributed by atoms with E-state index in [0.717, 1.165) is 12.1 Å². The number of nitrogens with one attached hydrogen (secondary N) is 1. The molecule has 2 aliphatic heterocycles. The van der Waals surface area contributed by atoms with Crippen LogP contribution in [0.2, 0.25) is 0 Å². The minimum Gasteiger partial charge on any atom is -0.346 e. The summed E-state index contributed by atoms with van der Waals surface area (Å²) in [5.74, 6) is -0.0962. The molecule has 6 nitrogen and oxygen atoms in total. The smallest absolute Gasteiger partial charge is 0.251 e. The van der Waals surface area contributed by atoms with Gasteiger partial charge < -0.3 is 10.2 Å². The molecule has 2 aliphatic rings. The summed E-state index contributed by atoms with van der Waals surface area (Å²) >= 11 is 0. The normalized spacial score (nSPS) is 26.5. The van der Waals surface area contributed by atoms with E-state index < -0.39 is 15.4 Å². The van der Waals surface area contributed by atoms with Crippen molar-refractivity contribution in [1.29, 1.82) is 0 Å². The average molecular weight is 336 g/mol. The molecule has 0 saturated carbocycles. The van der Waals surface area contributed by atoms with Crippen molar-refractivity contribution >= 4 is 27.3 Å². The van der Waals surface area contributed by atoms with E-state index in [-0.39, 0.29) is 23.3 Å². The number of benzene rings is 1. The third kappa shape index (κ3) is 3.39. The minimum atomic E-state index is -3.06. The van der Waals surface area contributed by atoms with Crippen molar-refractivity contribution in [3.05, 3.63) is 29.8 Å². The minimum absolute atomic E-state index is 0.0217. The molecule has 0 unspecified atom stereocenters. The van der Waals surface area contributed by atoms with Crippen LogP contribution in [-0.2, 0) is 14.6 Å². The van der Waals surface area contributed by atoms with E-state index >= 15 is 0 Å². The van der Waals surface area contributed by atoms with E-state index in [4.69, 9.17) is 0 Å². The van der Waals surface area contributed by atoms with Crippen molar-refractivity contribution in [2.24, 2.45) is 0 Å². The number of sulfone groups is 1. The first-order valence-electron chi connectivity index (χ1n) is 7.71. The molecule has 1 atom stereocenters. The lowest BCUT2D eigenvalue weighted by Gasteiger charge is -2.24. The van der Waals surface area contributed by atoms with Crippen LogP contribution < -0.4 is 10.2 Å². The van der Waals surface area contributed by atoms with Gasteiger partial charge in [0.05, 0.1) is 17.0 Å². The highest BCUT2D eigenvalue weighted by Crippen LogP contribution is 2.24. The van der Waals surface area contributed by atoms with Crippen LogP contribution in [0.25, 0.3) is 0 Å². The SMILES string of the molecule is C[C@]1(NC(=O)c2ccc(N3CCCC3=O)cc2)CCS(=O)(=O)C1. The Hall–Kier alpha value is -1.89. The molecule has 0 bridgehead atoms. The van der Waals surface area contributed by atoms with E-state index in [9.17, 15) is 18.0 Å². The van der Waals surface area contributed by atoms with Gasteiger partial charge in [0.15, 0.2) is 9.84 Å². The molecule has 7 heteroatoms. The van der Waals surface area contributed by atoms with E-state index in [1.54, 1.807) is 36.1 Å². The van der Waals surface area contributed by atoms with E-state index in [0.29, 0.717) is 24.9 Å². The van der Waals surface area contributed by atoms with Gasteiger partial charge in [-0.25, -0.2) is 8.42 Å². The molecule has 1 N–H and O–H groups in total. The third-order valence-corrected chi connectivity index (χ3v) is 6.34. The first kappa shape index (κ1) is 16.0. The fourth-order valence-electron chi connectivity index (χ4n) is 3.17. The van der Waals surface area contributed by atoms with Gasteiger partial charge in [-0.1, -0.05) is 0 Å². The summed E-state index contributed by atoms with van der Waals surface area (Å²) in [5.41, 5.74) is 0.545. The molecule has 0 spiro atoms. The van der Waals surface area contributed by atoms with Gasteiger partial charge >= 0.3 is 0 Å². The zero-order chi connectivity index (χ0) is 16.7. The molecule has 1 aromatic carbocycles. The van der Waals surface area contributed by atoms with Gasteiger partial charge in [-0.3, -0.25) is 9.59 Å². The Morgan fingerprint density at radius 3 is 2.48 bits per heavy atom. The highest BCUT2D eigenvalue weighted by Gasteiger charge is 2.39. The van der Waals surface area contributed by atoms with Crippen LogP contribution in [0.15, 0.2) is 24.3 Å². The number of rotatable bonds is 3. The van der Waals surface area contributed by atoms with E-state index in [2.05, 4.69) is 5.32 Å². The van der Waals surface area contributed by atoms with Crippen molar-refractivity contribution in [3.8, 4) is 0 Å². The van der Waals surface area contributed by atoms with E-state index in [1.807, 2.05) is 0 Å². The summed E-state index contributed by atoms with van der Waals surface area (Å²) in [6, 6.07) is 6.85. The molecule has 1 aromatic rings. The van der Waals surface area contributed by atoms with Gasteiger partial charge in [0.25, 0.3) is 5.91 Å². The number of anilines is 1.